The Morgan fingerprint density at radius 2 is 2.27 bits per heavy atom. The molecule has 1 amide bonds. The average molecular weight is 212 g/mol. The molecule has 86 valence electrons. The van der Waals surface area contributed by atoms with Gasteiger partial charge in [-0.25, -0.2) is 0 Å². The van der Waals surface area contributed by atoms with E-state index in [2.05, 4.69) is 18.7 Å². The minimum Gasteiger partial charge on any atom is -0.343 e. The van der Waals surface area contributed by atoms with E-state index in [0.717, 1.165) is 26.1 Å². The van der Waals surface area contributed by atoms with Crippen LogP contribution in [0.1, 0.15) is 27.2 Å². The summed E-state index contributed by atoms with van der Waals surface area (Å²) < 4.78 is 5.73. The fourth-order valence-corrected chi connectivity index (χ4v) is 2.39. The van der Waals surface area contributed by atoms with E-state index in [-0.39, 0.29) is 5.91 Å². The molecular formula is C11H20N2O2. The lowest BCUT2D eigenvalue weighted by Gasteiger charge is -2.23. The largest absolute Gasteiger partial charge is 0.343 e. The van der Waals surface area contributed by atoms with Crippen molar-refractivity contribution < 1.29 is 9.53 Å². The maximum Gasteiger partial charge on any atom is 0.258 e. The second-order valence-corrected chi connectivity index (χ2v) is 4.74. The van der Waals surface area contributed by atoms with Gasteiger partial charge in [0.15, 0.2) is 5.60 Å². The number of nitrogens with zero attached hydrogens (tertiary/aromatic N) is 2. The Balaban J connectivity index is 2.08. The third kappa shape index (κ3) is 1.66. The van der Waals surface area contributed by atoms with Crippen LogP contribution in [0.2, 0.25) is 0 Å². The van der Waals surface area contributed by atoms with Gasteiger partial charge in [-0.1, -0.05) is 0 Å². The molecule has 0 aromatic rings. The van der Waals surface area contributed by atoms with Crippen LogP contribution in [0.4, 0.5) is 0 Å². The summed E-state index contributed by atoms with van der Waals surface area (Å²) >= 11 is 0. The van der Waals surface area contributed by atoms with Crippen molar-refractivity contribution in [1.82, 2.24) is 9.80 Å². The van der Waals surface area contributed by atoms with Crippen molar-refractivity contribution in [3.63, 3.8) is 0 Å². The van der Waals surface area contributed by atoms with E-state index in [9.17, 15) is 4.79 Å². The zero-order valence-corrected chi connectivity index (χ0v) is 9.82. The van der Waals surface area contributed by atoms with Crippen molar-refractivity contribution in [3.8, 4) is 0 Å². The van der Waals surface area contributed by atoms with Gasteiger partial charge in [-0.05, 0) is 27.2 Å². The summed E-state index contributed by atoms with van der Waals surface area (Å²) in [5.41, 5.74) is -0.514. The molecule has 1 atom stereocenters. The normalized spacial score (nSPS) is 32.5. The molecule has 2 saturated heterocycles. The van der Waals surface area contributed by atoms with Gasteiger partial charge in [-0.2, -0.15) is 0 Å². The van der Waals surface area contributed by atoms with E-state index in [1.54, 1.807) is 4.90 Å². The first-order chi connectivity index (χ1) is 7.09. The lowest BCUT2D eigenvalue weighted by molar-refractivity contribution is -0.136. The summed E-state index contributed by atoms with van der Waals surface area (Å²) in [6.45, 7) is 9.28. The van der Waals surface area contributed by atoms with Crippen molar-refractivity contribution in [2.24, 2.45) is 0 Å². The van der Waals surface area contributed by atoms with Crippen LogP contribution in [-0.4, -0.2) is 53.7 Å². The molecule has 2 aliphatic rings. The zero-order chi connectivity index (χ0) is 11.1. The van der Waals surface area contributed by atoms with Gasteiger partial charge in [-0.3, -0.25) is 9.69 Å². The summed E-state index contributed by atoms with van der Waals surface area (Å²) in [4.78, 5) is 16.2. The first-order valence-electron chi connectivity index (χ1n) is 5.76. The van der Waals surface area contributed by atoms with Gasteiger partial charge in [0, 0.05) is 25.7 Å². The van der Waals surface area contributed by atoms with Gasteiger partial charge in [0.2, 0.25) is 0 Å². The fourth-order valence-electron chi connectivity index (χ4n) is 2.39. The van der Waals surface area contributed by atoms with Gasteiger partial charge in [0.05, 0.1) is 0 Å². The van der Waals surface area contributed by atoms with E-state index in [1.807, 2.05) is 6.92 Å². The molecule has 2 heterocycles. The number of carbonyl (C=O) groups excluding carboxylic acids is 1. The van der Waals surface area contributed by atoms with Gasteiger partial charge in [0.25, 0.3) is 5.91 Å². The fraction of sp³-hybridized carbons (Fsp3) is 0.909. The molecule has 0 aromatic carbocycles. The Morgan fingerprint density at radius 1 is 1.53 bits per heavy atom. The third-order valence-electron chi connectivity index (χ3n) is 3.55. The second kappa shape index (κ2) is 3.76. The third-order valence-corrected chi connectivity index (χ3v) is 3.55. The van der Waals surface area contributed by atoms with Crippen LogP contribution in [0.5, 0.6) is 0 Å². The standard InChI is InChI=1S/C11H20N2O2/c1-4-12-8-15-11(10(12)14)5-6-13(7-11)9(2)3/h9H,4-8H2,1-3H3. The van der Waals surface area contributed by atoms with Crippen molar-refractivity contribution in [2.75, 3.05) is 26.4 Å². The minimum absolute atomic E-state index is 0.188. The maximum atomic E-state index is 12.1. The van der Waals surface area contributed by atoms with E-state index in [1.165, 1.54) is 0 Å². The van der Waals surface area contributed by atoms with Gasteiger partial charge >= 0.3 is 0 Å². The van der Waals surface area contributed by atoms with Crippen molar-refractivity contribution in [2.45, 2.75) is 38.8 Å². The second-order valence-electron chi connectivity index (χ2n) is 4.74. The first-order valence-corrected chi connectivity index (χ1v) is 5.76. The van der Waals surface area contributed by atoms with Crippen molar-refractivity contribution in [1.29, 1.82) is 0 Å². The molecule has 0 bridgehead atoms. The first kappa shape index (κ1) is 10.9. The summed E-state index contributed by atoms with van der Waals surface area (Å²) in [6, 6.07) is 0.497. The van der Waals surface area contributed by atoms with E-state index >= 15 is 0 Å². The van der Waals surface area contributed by atoms with E-state index in [0.29, 0.717) is 12.8 Å². The lowest BCUT2D eigenvalue weighted by Crippen LogP contribution is -2.44. The molecular weight excluding hydrogens is 192 g/mol. The Bertz CT molecular complexity index is 267. The van der Waals surface area contributed by atoms with Crippen LogP contribution in [0.15, 0.2) is 0 Å². The van der Waals surface area contributed by atoms with Crippen LogP contribution in [-0.2, 0) is 9.53 Å². The Labute approximate surface area is 91.2 Å². The molecule has 0 saturated carbocycles. The highest BCUT2D eigenvalue weighted by molar-refractivity contribution is 5.87. The molecule has 0 radical (unpaired) electrons. The van der Waals surface area contributed by atoms with Gasteiger partial charge in [0.1, 0.15) is 6.73 Å². The topological polar surface area (TPSA) is 32.8 Å². The van der Waals surface area contributed by atoms with Crippen LogP contribution in [0.3, 0.4) is 0 Å². The summed E-state index contributed by atoms with van der Waals surface area (Å²) in [7, 11) is 0. The molecule has 2 aliphatic heterocycles. The Morgan fingerprint density at radius 3 is 2.73 bits per heavy atom. The van der Waals surface area contributed by atoms with Crippen LogP contribution >= 0.6 is 0 Å². The zero-order valence-electron chi connectivity index (χ0n) is 9.82. The molecule has 4 nitrogen and oxygen atoms in total. The van der Waals surface area contributed by atoms with Crippen molar-refractivity contribution >= 4 is 5.91 Å². The van der Waals surface area contributed by atoms with Crippen LogP contribution in [0, 0.1) is 0 Å². The van der Waals surface area contributed by atoms with E-state index < -0.39 is 5.60 Å². The highest BCUT2D eigenvalue weighted by Crippen LogP contribution is 2.33. The summed E-state index contributed by atoms with van der Waals surface area (Å²) in [5.74, 6) is 0.188. The van der Waals surface area contributed by atoms with Crippen LogP contribution in [0.25, 0.3) is 0 Å². The quantitative estimate of drug-likeness (QED) is 0.674. The Kier molecular flexibility index (Phi) is 2.73. The van der Waals surface area contributed by atoms with Crippen molar-refractivity contribution in [3.05, 3.63) is 0 Å². The SMILES string of the molecule is CCN1COC2(CCN(C(C)C)C2)C1=O. The number of likely N-dealkylation sites (N-methyl/N-ethyl adjacent to an activating group) is 1. The Hall–Kier alpha value is -0.610. The molecule has 2 fully saturated rings. The lowest BCUT2D eigenvalue weighted by atomic mass is 10.0. The number of hydrogen-bond donors (Lipinski definition) is 0. The van der Waals surface area contributed by atoms with Gasteiger partial charge in [-0.15, -0.1) is 0 Å². The molecule has 1 unspecified atom stereocenters. The number of hydrogen-bond acceptors (Lipinski definition) is 3. The summed E-state index contributed by atoms with van der Waals surface area (Å²) in [5, 5.41) is 0. The smallest absolute Gasteiger partial charge is 0.258 e. The highest BCUT2D eigenvalue weighted by atomic mass is 16.5. The molecule has 4 heteroatoms. The van der Waals surface area contributed by atoms with Crippen LogP contribution < -0.4 is 0 Å². The number of likely N-dealkylation sites (tertiary alicyclic amines) is 1. The predicted molar refractivity (Wildman–Crippen MR) is 57.4 cm³/mol. The molecule has 15 heavy (non-hydrogen) atoms. The minimum atomic E-state index is -0.514. The predicted octanol–water partition coefficient (Wildman–Crippen LogP) is 0.675. The molecule has 0 N–H and O–H groups in total. The average Bonchev–Trinajstić information content (AvgIpc) is 2.75. The molecule has 2 rings (SSSR count). The number of amides is 1. The van der Waals surface area contributed by atoms with Gasteiger partial charge < -0.3 is 9.64 Å². The maximum absolute atomic E-state index is 12.1. The molecule has 0 aliphatic carbocycles. The number of ether oxygens (including phenoxy) is 1. The summed E-state index contributed by atoms with van der Waals surface area (Å²) in [6.07, 6.45) is 0.848. The molecule has 1 spiro atoms. The highest BCUT2D eigenvalue weighted by Gasteiger charge is 2.52. The monoisotopic (exact) mass is 212 g/mol. The number of carbonyl (C=O) groups is 1. The van der Waals surface area contributed by atoms with E-state index in [4.69, 9.17) is 4.74 Å². The molecule has 0 aromatic heterocycles. The number of rotatable bonds is 2.